The van der Waals surface area contributed by atoms with Gasteiger partial charge in [-0.2, -0.15) is 0 Å². The number of hydrogen-bond donors (Lipinski definition) is 1. The summed E-state index contributed by atoms with van der Waals surface area (Å²) in [6.45, 7) is 2.63. The standard InChI is InChI=1S/C19H20FN3O/c20-17-5-1-2-6-19(17)24-18-7-10-22-14-15(18)4-3-11-23-12-8-16(21)9-13-23/h1-2,5-7,10,14,16H,8-9,11-13,21H2. The SMILES string of the molecule is NC1CCN(CC#Cc2cnccc2Oc2ccccc2F)CC1. The molecule has 0 spiro atoms. The van der Waals surface area contributed by atoms with Crippen molar-refractivity contribution in [3.63, 3.8) is 0 Å². The first-order valence-corrected chi connectivity index (χ1v) is 8.05. The number of ether oxygens (including phenoxy) is 1. The molecule has 0 unspecified atom stereocenters. The zero-order valence-electron chi connectivity index (χ0n) is 13.4. The summed E-state index contributed by atoms with van der Waals surface area (Å²) < 4.78 is 19.4. The van der Waals surface area contributed by atoms with Crippen molar-refractivity contribution >= 4 is 0 Å². The summed E-state index contributed by atoms with van der Waals surface area (Å²) in [7, 11) is 0. The van der Waals surface area contributed by atoms with E-state index in [1.807, 2.05) is 0 Å². The number of aromatic nitrogens is 1. The summed E-state index contributed by atoms with van der Waals surface area (Å²) in [5, 5.41) is 0. The van der Waals surface area contributed by atoms with Gasteiger partial charge in [0.2, 0.25) is 0 Å². The van der Waals surface area contributed by atoms with E-state index in [1.165, 1.54) is 6.07 Å². The van der Waals surface area contributed by atoms with E-state index in [4.69, 9.17) is 10.5 Å². The summed E-state index contributed by atoms with van der Waals surface area (Å²) in [6, 6.07) is 8.31. The Labute approximate surface area is 141 Å². The van der Waals surface area contributed by atoms with Gasteiger partial charge in [0.15, 0.2) is 11.6 Å². The number of likely N-dealkylation sites (tertiary alicyclic amines) is 1. The molecule has 1 fully saturated rings. The number of hydrogen-bond acceptors (Lipinski definition) is 4. The molecule has 2 aromatic rings. The zero-order valence-corrected chi connectivity index (χ0v) is 13.4. The molecule has 1 aromatic heterocycles. The lowest BCUT2D eigenvalue weighted by Gasteiger charge is -2.28. The largest absolute Gasteiger partial charge is 0.453 e. The second-order valence-corrected chi connectivity index (χ2v) is 5.82. The summed E-state index contributed by atoms with van der Waals surface area (Å²) >= 11 is 0. The highest BCUT2D eigenvalue weighted by Crippen LogP contribution is 2.26. The van der Waals surface area contributed by atoms with Gasteiger partial charge in [-0.15, -0.1) is 0 Å². The van der Waals surface area contributed by atoms with Crippen molar-refractivity contribution in [1.82, 2.24) is 9.88 Å². The number of pyridine rings is 1. The molecule has 0 amide bonds. The number of nitrogens with two attached hydrogens (primary N) is 1. The molecule has 0 saturated carbocycles. The van der Waals surface area contributed by atoms with Gasteiger partial charge >= 0.3 is 0 Å². The van der Waals surface area contributed by atoms with E-state index in [-0.39, 0.29) is 5.75 Å². The lowest BCUT2D eigenvalue weighted by molar-refractivity contribution is 0.236. The van der Waals surface area contributed by atoms with Crippen LogP contribution in [0.3, 0.4) is 0 Å². The first-order chi connectivity index (χ1) is 11.7. The predicted molar refractivity (Wildman–Crippen MR) is 91.2 cm³/mol. The Hall–Kier alpha value is -2.42. The molecule has 124 valence electrons. The number of halogens is 1. The van der Waals surface area contributed by atoms with Gasteiger partial charge in [0.05, 0.1) is 12.1 Å². The molecule has 3 rings (SSSR count). The molecule has 0 atom stereocenters. The molecular weight excluding hydrogens is 305 g/mol. The van der Waals surface area contributed by atoms with E-state index in [9.17, 15) is 4.39 Å². The molecule has 2 heterocycles. The summed E-state index contributed by atoms with van der Waals surface area (Å²) in [6.07, 6.45) is 5.26. The lowest BCUT2D eigenvalue weighted by Crippen LogP contribution is -2.39. The van der Waals surface area contributed by atoms with Gasteiger partial charge < -0.3 is 10.5 Å². The molecule has 2 N–H and O–H groups in total. The molecule has 5 heteroatoms. The fraction of sp³-hybridized carbons (Fsp3) is 0.316. The van der Waals surface area contributed by atoms with E-state index >= 15 is 0 Å². The molecule has 1 aliphatic rings. The minimum Gasteiger partial charge on any atom is -0.453 e. The average molecular weight is 325 g/mol. The van der Waals surface area contributed by atoms with Crippen LogP contribution in [0.25, 0.3) is 0 Å². The van der Waals surface area contributed by atoms with Gasteiger partial charge in [-0.1, -0.05) is 24.0 Å². The topological polar surface area (TPSA) is 51.4 Å². The Morgan fingerprint density at radius 1 is 1.21 bits per heavy atom. The molecule has 1 aliphatic heterocycles. The van der Waals surface area contributed by atoms with Crippen LogP contribution in [-0.2, 0) is 0 Å². The first kappa shape index (κ1) is 16.4. The number of para-hydroxylation sites is 1. The van der Waals surface area contributed by atoms with Crippen molar-refractivity contribution in [2.75, 3.05) is 19.6 Å². The van der Waals surface area contributed by atoms with Gasteiger partial charge in [0.1, 0.15) is 5.75 Å². The van der Waals surface area contributed by atoms with Crippen molar-refractivity contribution in [3.05, 3.63) is 54.1 Å². The third kappa shape index (κ3) is 4.31. The van der Waals surface area contributed by atoms with Crippen molar-refractivity contribution in [2.45, 2.75) is 18.9 Å². The Morgan fingerprint density at radius 3 is 2.79 bits per heavy atom. The maximum atomic E-state index is 13.7. The lowest BCUT2D eigenvalue weighted by atomic mass is 10.1. The van der Waals surface area contributed by atoms with Crippen molar-refractivity contribution in [2.24, 2.45) is 5.73 Å². The van der Waals surface area contributed by atoms with Crippen LogP contribution in [0.15, 0.2) is 42.7 Å². The molecule has 24 heavy (non-hydrogen) atoms. The number of benzene rings is 1. The molecule has 0 bridgehead atoms. The molecule has 0 aliphatic carbocycles. The molecule has 1 aromatic carbocycles. The predicted octanol–water partition coefficient (Wildman–Crippen LogP) is 2.79. The third-order valence-corrected chi connectivity index (χ3v) is 4.00. The fourth-order valence-electron chi connectivity index (χ4n) is 2.57. The highest BCUT2D eigenvalue weighted by atomic mass is 19.1. The van der Waals surface area contributed by atoms with Crippen molar-refractivity contribution < 1.29 is 9.13 Å². The maximum absolute atomic E-state index is 13.7. The van der Waals surface area contributed by atoms with E-state index in [0.29, 0.717) is 23.9 Å². The van der Waals surface area contributed by atoms with Crippen LogP contribution >= 0.6 is 0 Å². The van der Waals surface area contributed by atoms with Gasteiger partial charge in [-0.3, -0.25) is 9.88 Å². The number of rotatable bonds is 3. The fourth-order valence-corrected chi connectivity index (χ4v) is 2.57. The van der Waals surface area contributed by atoms with E-state index in [2.05, 4.69) is 21.7 Å². The van der Waals surface area contributed by atoms with Crippen molar-refractivity contribution in [3.8, 4) is 23.3 Å². The van der Waals surface area contributed by atoms with Crippen LogP contribution in [0.5, 0.6) is 11.5 Å². The highest BCUT2D eigenvalue weighted by Gasteiger charge is 2.14. The molecule has 0 radical (unpaired) electrons. The molecule has 4 nitrogen and oxygen atoms in total. The average Bonchev–Trinajstić information content (AvgIpc) is 2.60. The highest BCUT2D eigenvalue weighted by molar-refractivity contribution is 5.46. The summed E-state index contributed by atoms with van der Waals surface area (Å²) in [4.78, 5) is 6.36. The van der Waals surface area contributed by atoms with Gasteiger partial charge in [0.25, 0.3) is 0 Å². The summed E-state index contributed by atoms with van der Waals surface area (Å²) in [5.74, 6) is 6.50. The Balaban J connectivity index is 1.69. The normalized spacial score (nSPS) is 15.6. The zero-order chi connectivity index (χ0) is 16.8. The first-order valence-electron chi connectivity index (χ1n) is 8.05. The van der Waals surface area contributed by atoms with E-state index in [1.54, 1.807) is 36.7 Å². The monoisotopic (exact) mass is 325 g/mol. The Morgan fingerprint density at radius 2 is 2.00 bits per heavy atom. The van der Waals surface area contributed by atoms with E-state index < -0.39 is 5.82 Å². The van der Waals surface area contributed by atoms with Crippen molar-refractivity contribution in [1.29, 1.82) is 0 Å². The number of piperidine rings is 1. The van der Waals surface area contributed by atoms with Crippen LogP contribution in [-0.4, -0.2) is 35.6 Å². The van der Waals surface area contributed by atoms with Gasteiger partial charge in [-0.05, 0) is 25.0 Å². The molecule has 1 saturated heterocycles. The maximum Gasteiger partial charge on any atom is 0.165 e. The quantitative estimate of drug-likeness (QED) is 0.882. The summed E-state index contributed by atoms with van der Waals surface area (Å²) in [5.41, 5.74) is 6.55. The minimum atomic E-state index is -0.405. The Bertz CT molecular complexity index is 746. The smallest absolute Gasteiger partial charge is 0.165 e. The second-order valence-electron chi connectivity index (χ2n) is 5.82. The third-order valence-electron chi connectivity index (χ3n) is 4.00. The second kappa shape index (κ2) is 7.91. The Kier molecular flexibility index (Phi) is 5.42. The van der Waals surface area contributed by atoms with Crippen LogP contribution in [0, 0.1) is 17.7 Å². The van der Waals surface area contributed by atoms with Crippen LogP contribution in [0.2, 0.25) is 0 Å². The van der Waals surface area contributed by atoms with Gasteiger partial charge in [0, 0.05) is 37.6 Å². The number of nitrogens with zero attached hydrogens (tertiary/aromatic N) is 2. The van der Waals surface area contributed by atoms with Crippen LogP contribution < -0.4 is 10.5 Å². The van der Waals surface area contributed by atoms with Gasteiger partial charge in [-0.25, -0.2) is 4.39 Å². The van der Waals surface area contributed by atoms with E-state index in [0.717, 1.165) is 25.9 Å². The van der Waals surface area contributed by atoms with Crippen LogP contribution in [0.1, 0.15) is 18.4 Å². The van der Waals surface area contributed by atoms with Crippen LogP contribution in [0.4, 0.5) is 4.39 Å². The minimum absolute atomic E-state index is 0.178. The molecular formula is C19H20FN3O.